The number of halogens is 3. The molecule has 3 aromatic carbocycles. The van der Waals surface area contributed by atoms with Gasteiger partial charge >= 0.3 is 5.76 Å². The van der Waals surface area contributed by atoms with Crippen molar-refractivity contribution >= 4 is 67.7 Å². The van der Waals surface area contributed by atoms with Crippen LogP contribution in [0.1, 0.15) is 77.5 Å². The number of anilines is 3. The van der Waals surface area contributed by atoms with Crippen LogP contribution in [0.2, 0.25) is 0 Å². The maximum Gasteiger partial charge on any atom is 0.355 e. The molecule has 0 bridgehead atoms. The van der Waals surface area contributed by atoms with E-state index in [2.05, 4.69) is 10.3 Å². The molecule has 4 N–H and O–H groups in total. The summed E-state index contributed by atoms with van der Waals surface area (Å²) in [4.78, 5) is 74.8. The minimum absolute atomic E-state index is 0.000209. The Kier molecular flexibility index (Phi) is 12.0. The average molecular weight is 994 g/mol. The predicted molar refractivity (Wildman–Crippen MR) is 252 cm³/mol. The molecule has 5 amide bonds. The number of nitrogens with one attached hydrogen (secondary N) is 2. The molecule has 0 aliphatic carbocycles. The van der Waals surface area contributed by atoms with Gasteiger partial charge in [-0.3, -0.25) is 48.3 Å². The Hall–Kier alpha value is -7.82. The number of imide groups is 2. The zero-order valence-corrected chi connectivity index (χ0v) is 39.0. The highest BCUT2D eigenvalue weighted by Crippen LogP contribution is 2.42. The van der Waals surface area contributed by atoms with Crippen molar-refractivity contribution in [3.8, 4) is 28.1 Å². The van der Waals surface area contributed by atoms with Gasteiger partial charge in [0.25, 0.3) is 21.8 Å². The van der Waals surface area contributed by atoms with Crippen LogP contribution in [0, 0.1) is 11.7 Å². The summed E-state index contributed by atoms with van der Waals surface area (Å²) in [5.74, 6) is -6.82. The van der Waals surface area contributed by atoms with Crippen molar-refractivity contribution in [2.75, 3.05) is 41.5 Å². The van der Waals surface area contributed by atoms with Crippen molar-refractivity contribution < 1.29 is 50.3 Å². The molecule has 3 saturated heterocycles. The molecular formula is C48H46F3N11O8S. The molecule has 0 spiro atoms. The van der Waals surface area contributed by atoms with Gasteiger partial charge in [-0.25, -0.2) is 17.8 Å². The number of aryl methyl sites for hydroxylation is 1. The molecule has 0 radical (unpaired) electrons. The van der Waals surface area contributed by atoms with Crippen LogP contribution in [-0.4, -0.2) is 110 Å². The van der Waals surface area contributed by atoms with Crippen LogP contribution in [0.25, 0.3) is 33.3 Å². The van der Waals surface area contributed by atoms with E-state index < -0.39 is 57.4 Å². The molecule has 3 aromatic heterocycles. The number of likely N-dealkylation sites (tertiary alicyclic amines) is 1. The maximum absolute atomic E-state index is 14.0. The normalized spacial score (nSPS) is 19.2. The number of ether oxygens (including phenoxy) is 1. The van der Waals surface area contributed by atoms with E-state index in [4.69, 9.17) is 20.7 Å². The predicted octanol–water partition coefficient (Wildman–Crippen LogP) is 5.42. The van der Waals surface area contributed by atoms with Gasteiger partial charge in [-0.2, -0.15) is 19.0 Å². The number of sulfonamides is 1. The number of nitrogen functional groups attached to an aromatic ring is 1. The van der Waals surface area contributed by atoms with Crippen molar-refractivity contribution in [2.24, 2.45) is 13.0 Å². The largest absolute Gasteiger partial charge is 0.484 e. The van der Waals surface area contributed by atoms with E-state index >= 15 is 0 Å². The Balaban J connectivity index is 0.830. The molecule has 2 unspecified atom stereocenters. The van der Waals surface area contributed by atoms with Gasteiger partial charge < -0.3 is 20.3 Å². The smallest absolute Gasteiger partial charge is 0.355 e. The molecule has 4 aliphatic heterocycles. The lowest BCUT2D eigenvalue weighted by Gasteiger charge is -2.33. The van der Waals surface area contributed by atoms with Gasteiger partial charge in [-0.15, -0.1) is 0 Å². The second-order valence-corrected chi connectivity index (χ2v) is 19.7. The number of nitrogens with two attached hydrogens (primary N) is 1. The number of rotatable bonds is 12. The quantitative estimate of drug-likeness (QED) is 0.130. The Morgan fingerprint density at radius 3 is 2.42 bits per heavy atom. The minimum atomic E-state index is -5.09. The lowest BCUT2D eigenvalue weighted by molar-refractivity contribution is -0.137. The molecule has 7 heterocycles. The van der Waals surface area contributed by atoms with E-state index in [1.165, 1.54) is 42.5 Å². The first kappa shape index (κ1) is 46.9. The van der Waals surface area contributed by atoms with Gasteiger partial charge in [-0.05, 0) is 74.6 Å². The molecule has 368 valence electrons. The fraction of sp³-hybridized carbons (Fsp3) is 0.333. The Labute approximate surface area is 403 Å². The van der Waals surface area contributed by atoms with Gasteiger partial charge in [0, 0.05) is 68.7 Å². The van der Waals surface area contributed by atoms with E-state index in [1.54, 1.807) is 49.2 Å². The van der Waals surface area contributed by atoms with E-state index in [-0.39, 0.29) is 59.1 Å². The lowest BCUT2D eigenvalue weighted by atomic mass is 10.0. The SMILES string of the molecule is C[C@H](Oc1cc(-c2nn(C)c3c(-c4cnn(C5CCN(C(=O)C6CCN(c7cccc8c7C(=O)N(C7CCC(=O)NC7=O)C8=O)C6)CC5)c4)cnc(N)c23)ccc1NS(=O)(=O)C(F)F)c1ccc(F)cc1. The molecule has 19 nitrogen and oxygen atoms in total. The van der Waals surface area contributed by atoms with E-state index in [9.17, 15) is 45.6 Å². The first-order chi connectivity index (χ1) is 34.0. The number of fused-ring (bicyclic) bond motifs is 2. The number of alkyl halides is 2. The third-order valence-electron chi connectivity index (χ3n) is 13.7. The summed E-state index contributed by atoms with van der Waals surface area (Å²) in [5, 5.41) is 12.2. The molecule has 10 rings (SSSR count). The van der Waals surface area contributed by atoms with Gasteiger partial charge in [0.2, 0.25) is 17.7 Å². The van der Waals surface area contributed by atoms with Crippen LogP contribution in [0.5, 0.6) is 5.75 Å². The van der Waals surface area contributed by atoms with Crippen molar-refractivity contribution in [1.29, 1.82) is 0 Å². The van der Waals surface area contributed by atoms with Crippen molar-refractivity contribution in [3.63, 3.8) is 0 Å². The Morgan fingerprint density at radius 2 is 1.69 bits per heavy atom. The number of hydrogen-bond donors (Lipinski definition) is 3. The molecule has 71 heavy (non-hydrogen) atoms. The number of benzene rings is 3. The fourth-order valence-corrected chi connectivity index (χ4v) is 10.6. The number of piperidine rings is 2. The van der Waals surface area contributed by atoms with Crippen LogP contribution in [0.15, 0.2) is 79.3 Å². The first-order valence-electron chi connectivity index (χ1n) is 22.9. The third kappa shape index (κ3) is 8.56. The van der Waals surface area contributed by atoms with Crippen molar-refractivity contribution in [3.05, 3.63) is 102 Å². The lowest BCUT2D eigenvalue weighted by Crippen LogP contribution is -2.54. The van der Waals surface area contributed by atoms with Crippen LogP contribution in [0.3, 0.4) is 0 Å². The number of pyridine rings is 1. The highest BCUT2D eigenvalue weighted by atomic mass is 32.2. The topological polar surface area (TPSA) is 237 Å². The number of hydrogen-bond acceptors (Lipinski definition) is 13. The summed E-state index contributed by atoms with van der Waals surface area (Å²) in [5.41, 5.74) is 10.4. The van der Waals surface area contributed by atoms with Gasteiger partial charge in [-0.1, -0.05) is 24.3 Å². The number of nitrogens with zero attached hydrogens (tertiary/aromatic N) is 8. The average Bonchev–Trinajstić information content (AvgIpc) is 4.16. The summed E-state index contributed by atoms with van der Waals surface area (Å²) in [6.07, 6.45) is 6.32. The van der Waals surface area contributed by atoms with Crippen molar-refractivity contribution in [1.82, 2.24) is 39.7 Å². The zero-order chi connectivity index (χ0) is 50.0. The first-order valence-corrected chi connectivity index (χ1v) is 24.4. The van der Waals surface area contributed by atoms with Gasteiger partial charge in [0.1, 0.15) is 35.2 Å². The van der Waals surface area contributed by atoms with E-state index in [0.29, 0.717) is 90.0 Å². The highest BCUT2D eigenvalue weighted by molar-refractivity contribution is 7.93. The van der Waals surface area contributed by atoms with Crippen LogP contribution >= 0.6 is 0 Å². The number of carbonyl (C=O) groups excluding carboxylic acids is 5. The molecule has 3 atom stereocenters. The second kappa shape index (κ2) is 18.2. The number of carbonyl (C=O) groups is 5. The minimum Gasteiger partial charge on any atom is -0.484 e. The standard InChI is InChI=1S/C48H46F3N11O8S/c1-25(26-6-9-30(49)10-7-26)70-37-20-27(8-11-34(37)57-71(68,69)48(50)51)41-40-42(58(2)56-41)33(22-53-43(40)52)29-21-54-61(24-29)31-15-18-59(19-16-31)45(65)28-14-17-60(23-28)35-5-3-4-32-39(35)47(67)62(46(32)66)36-12-13-38(63)55-44(36)64/h3-11,20-22,24-25,28,31,36,48,57H,12-19,23H2,1-2H3,(H2,52,53)(H,55,63,64)/t25-,28?,36?/m0/s1. The fourth-order valence-electron chi connectivity index (χ4n) is 10.0. The molecule has 4 aliphatic rings. The Morgan fingerprint density at radius 1 is 0.930 bits per heavy atom. The summed E-state index contributed by atoms with van der Waals surface area (Å²) in [6, 6.07) is 13.5. The van der Waals surface area contributed by atoms with Crippen LogP contribution in [0.4, 0.5) is 30.4 Å². The summed E-state index contributed by atoms with van der Waals surface area (Å²) in [7, 11) is -3.37. The zero-order valence-electron chi connectivity index (χ0n) is 38.2. The van der Waals surface area contributed by atoms with Gasteiger partial charge in [0.05, 0.1) is 51.6 Å². The molecule has 3 fully saturated rings. The van der Waals surface area contributed by atoms with Crippen LogP contribution < -0.4 is 25.4 Å². The molecular weight excluding hydrogens is 948 g/mol. The van der Waals surface area contributed by atoms with Crippen LogP contribution in [-0.2, 0) is 31.5 Å². The number of aromatic nitrogens is 5. The molecule has 23 heteroatoms. The van der Waals surface area contributed by atoms with Gasteiger partial charge in [0.15, 0.2) is 0 Å². The number of amides is 5. The summed E-state index contributed by atoms with van der Waals surface area (Å²) < 4.78 is 76.8. The Bertz CT molecular complexity index is 3280. The highest BCUT2D eigenvalue weighted by Gasteiger charge is 2.47. The second-order valence-electron chi connectivity index (χ2n) is 18.0. The molecule has 6 aromatic rings. The molecule has 0 saturated carbocycles. The van der Waals surface area contributed by atoms with Crippen molar-refractivity contribution in [2.45, 2.75) is 63.0 Å². The summed E-state index contributed by atoms with van der Waals surface area (Å²) in [6.45, 7) is 3.44. The summed E-state index contributed by atoms with van der Waals surface area (Å²) >= 11 is 0. The third-order valence-corrected chi connectivity index (χ3v) is 14.6. The van der Waals surface area contributed by atoms with E-state index in [1.807, 2.05) is 25.4 Å². The maximum atomic E-state index is 14.0. The monoisotopic (exact) mass is 993 g/mol. The van der Waals surface area contributed by atoms with E-state index in [0.717, 1.165) is 4.90 Å².